The first kappa shape index (κ1) is 16.6. The van der Waals surface area contributed by atoms with Crippen LogP contribution < -0.4 is 10.1 Å². The van der Waals surface area contributed by atoms with Crippen LogP contribution in [0.3, 0.4) is 0 Å². The summed E-state index contributed by atoms with van der Waals surface area (Å²) >= 11 is 0. The Labute approximate surface area is 153 Å². The lowest BCUT2D eigenvalue weighted by molar-refractivity contribution is 0.0947. The molecule has 5 nitrogen and oxygen atoms in total. The van der Waals surface area contributed by atoms with E-state index < -0.39 is 0 Å². The van der Waals surface area contributed by atoms with Crippen LogP contribution in [0.4, 0.5) is 0 Å². The molecule has 26 heavy (non-hydrogen) atoms. The van der Waals surface area contributed by atoms with Crippen molar-refractivity contribution in [3.63, 3.8) is 0 Å². The van der Waals surface area contributed by atoms with E-state index in [0.29, 0.717) is 11.6 Å². The molecule has 2 aromatic heterocycles. The molecule has 1 N–H and O–H groups in total. The largest absolute Gasteiger partial charge is 0.496 e. The van der Waals surface area contributed by atoms with Gasteiger partial charge in [-0.25, -0.2) is 4.98 Å². The van der Waals surface area contributed by atoms with Crippen LogP contribution in [0.2, 0.25) is 0 Å². The molecule has 0 spiro atoms. The number of fused-ring (bicyclic) bond motifs is 1. The average molecular weight is 349 g/mol. The highest BCUT2D eigenvalue weighted by Gasteiger charge is 2.22. The second-order valence-electron chi connectivity index (χ2n) is 7.11. The van der Waals surface area contributed by atoms with Crippen molar-refractivity contribution in [2.24, 2.45) is 5.92 Å². The minimum Gasteiger partial charge on any atom is -0.496 e. The third-order valence-electron chi connectivity index (χ3n) is 4.93. The summed E-state index contributed by atoms with van der Waals surface area (Å²) in [6, 6.07) is 8.22. The number of nitrogens with one attached hydrogen (secondary N) is 1. The summed E-state index contributed by atoms with van der Waals surface area (Å²) in [4.78, 5) is 16.7. The molecule has 0 unspecified atom stereocenters. The zero-order valence-corrected chi connectivity index (χ0v) is 15.4. The number of nitrogens with zero attached hydrogens (tertiary/aromatic N) is 2. The van der Waals surface area contributed by atoms with E-state index in [1.165, 1.54) is 12.8 Å². The second kappa shape index (κ2) is 6.48. The van der Waals surface area contributed by atoms with Gasteiger partial charge in [0.25, 0.3) is 5.91 Å². The molecular formula is C21H23N3O2. The summed E-state index contributed by atoms with van der Waals surface area (Å²) in [7, 11) is 1.70. The molecule has 0 saturated heterocycles. The smallest absolute Gasteiger partial charge is 0.271 e. The molecule has 0 atom stereocenters. The van der Waals surface area contributed by atoms with E-state index in [2.05, 4.69) is 22.4 Å². The molecule has 1 aliphatic carbocycles. The van der Waals surface area contributed by atoms with E-state index in [4.69, 9.17) is 4.74 Å². The number of pyridine rings is 1. The van der Waals surface area contributed by atoms with Gasteiger partial charge in [-0.3, -0.25) is 4.79 Å². The van der Waals surface area contributed by atoms with Gasteiger partial charge in [0.05, 0.1) is 7.11 Å². The van der Waals surface area contributed by atoms with Crippen molar-refractivity contribution in [3.05, 3.63) is 53.5 Å². The van der Waals surface area contributed by atoms with Crippen LogP contribution >= 0.6 is 0 Å². The summed E-state index contributed by atoms with van der Waals surface area (Å²) in [5.41, 5.74) is 5.64. The molecule has 134 valence electrons. The fourth-order valence-electron chi connectivity index (χ4n) is 3.36. The number of methoxy groups -OCH3 is 1. The van der Waals surface area contributed by atoms with Crippen LogP contribution in [-0.2, 0) is 0 Å². The second-order valence-corrected chi connectivity index (χ2v) is 7.11. The topological polar surface area (TPSA) is 55.6 Å². The van der Waals surface area contributed by atoms with E-state index in [0.717, 1.165) is 40.2 Å². The average Bonchev–Trinajstić information content (AvgIpc) is 3.35. The number of benzene rings is 1. The van der Waals surface area contributed by atoms with Gasteiger partial charge in [-0.15, -0.1) is 0 Å². The Balaban J connectivity index is 1.64. The third-order valence-corrected chi connectivity index (χ3v) is 4.93. The fourth-order valence-corrected chi connectivity index (χ4v) is 3.36. The van der Waals surface area contributed by atoms with E-state index in [1.807, 2.05) is 36.6 Å². The zero-order valence-electron chi connectivity index (χ0n) is 15.4. The lowest BCUT2D eigenvalue weighted by atomic mass is 10.0. The molecule has 4 rings (SSSR count). The van der Waals surface area contributed by atoms with Crippen LogP contribution in [0, 0.1) is 19.8 Å². The predicted molar refractivity (Wildman–Crippen MR) is 102 cm³/mol. The highest BCUT2D eigenvalue weighted by molar-refractivity contribution is 5.93. The summed E-state index contributed by atoms with van der Waals surface area (Å²) in [5.74, 6) is 1.48. The maximum atomic E-state index is 12.3. The summed E-state index contributed by atoms with van der Waals surface area (Å²) in [6.07, 6.45) is 6.25. The number of rotatable bonds is 5. The molecule has 0 radical (unpaired) electrons. The molecular weight excluding hydrogens is 326 g/mol. The summed E-state index contributed by atoms with van der Waals surface area (Å²) in [6.45, 7) is 4.85. The number of hydrogen-bond acceptors (Lipinski definition) is 3. The minimum atomic E-state index is -0.0988. The van der Waals surface area contributed by atoms with Gasteiger partial charge in [-0.05, 0) is 79.1 Å². The standard InChI is InChI=1S/C21H23N3O2/c1-13-8-17(9-14(2)20(13)26-3)16-6-7-19-23-18(12-24(19)11-16)21(25)22-10-15-4-5-15/h6-9,11-12,15H,4-5,10H2,1-3H3,(H,22,25). The van der Waals surface area contributed by atoms with Crippen molar-refractivity contribution < 1.29 is 9.53 Å². The Morgan fingerprint density at radius 2 is 1.92 bits per heavy atom. The molecule has 1 aromatic carbocycles. The number of amides is 1. The van der Waals surface area contributed by atoms with E-state index in [-0.39, 0.29) is 5.91 Å². The first-order valence-electron chi connectivity index (χ1n) is 8.97. The molecule has 3 aromatic rings. The molecule has 0 aliphatic heterocycles. The highest BCUT2D eigenvalue weighted by Crippen LogP contribution is 2.30. The Bertz CT molecular complexity index is 963. The SMILES string of the molecule is COc1c(C)cc(-c2ccc3nc(C(=O)NCC4CC4)cn3c2)cc1C. The van der Waals surface area contributed by atoms with Crippen LogP contribution in [0.15, 0.2) is 36.7 Å². The first-order chi connectivity index (χ1) is 12.5. The van der Waals surface area contributed by atoms with Crippen LogP contribution in [0.1, 0.15) is 34.5 Å². The monoisotopic (exact) mass is 349 g/mol. The minimum absolute atomic E-state index is 0.0988. The molecule has 1 amide bonds. The molecule has 5 heteroatoms. The lowest BCUT2D eigenvalue weighted by Crippen LogP contribution is -2.25. The Morgan fingerprint density at radius 3 is 2.58 bits per heavy atom. The van der Waals surface area contributed by atoms with Crippen molar-refractivity contribution in [1.82, 2.24) is 14.7 Å². The number of carbonyl (C=O) groups excluding carboxylic acids is 1. The van der Waals surface area contributed by atoms with Gasteiger partial charge in [0.2, 0.25) is 0 Å². The van der Waals surface area contributed by atoms with Gasteiger partial charge in [0, 0.05) is 18.9 Å². The van der Waals surface area contributed by atoms with Gasteiger partial charge >= 0.3 is 0 Å². The maximum absolute atomic E-state index is 12.3. The molecule has 1 fully saturated rings. The number of hydrogen-bond donors (Lipinski definition) is 1. The van der Waals surface area contributed by atoms with E-state index in [1.54, 1.807) is 13.3 Å². The van der Waals surface area contributed by atoms with Gasteiger partial charge in [-0.1, -0.05) is 0 Å². The van der Waals surface area contributed by atoms with Crippen molar-refractivity contribution >= 4 is 11.6 Å². The van der Waals surface area contributed by atoms with Gasteiger partial charge in [0.1, 0.15) is 17.1 Å². The Hall–Kier alpha value is -2.82. The zero-order chi connectivity index (χ0) is 18.3. The van der Waals surface area contributed by atoms with Crippen molar-refractivity contribution in [2.75, 3.05) is 13.7 Å². The molecule has 2 heterocycles. The number of carbonyl (C=O) groups is 1. The molecule has 1 aliphatic rings. The van der Waals surface area contributed by atoms with Crippen molar-refractivity contribution in [2.45, 2.75) is 26.7 Å². The Morgan fingerprint density at radius 1 is 1.19 bits per heavy atom. The highest BCUT2D eigenvalue weighted by atomic mass is 16.5. The van der Waals surface area contributed by atoms with E-state index in [9.17, 15) is 4.79 Å². The lowest BCUT2D eigenvalue weighted by Gasteiger charge is -2.11. The first-order valence-corrected chi connectivity index (χ1v) is 8.97. The van der Waals surface area contributed by atoms with Crippen molar-refractivity contribution in [3.8, 4) is 16.9 Å². The van der Waals surface area contributed by atoms with Crippen LogP contribution in [0.25, 0.3) is 16.8 Å². The summed E-state index contributed by atoms with van der Waals surface area (Å²) in [5, 5.41) is 2.97. The van der Waals surface area contributed by atoms with Crippen LogP contribution in [0.5, 0.6) is 5.75 Å². The van der Waals surface area contributed by atoms with Gasteiger partial charge in [0.15, 0.2) is 0 Å². The predicted octanol–water partition coefficient (Wildman–Crippen LogP) is 3.77. The Kier molecular flexibility index (Phi) is 4.15. The number of aryl methyl sites for hydroxylation is 2. The summed E-state index contributed by atoms with van der Waals surface area (Å²) < 4.78 is 7.36. The van der Waals surface area contributed by atoms with Crippen LogP contribution in [-0.4, -0.2) is 28.9 Å². The fraction of sp³-hybridized carbons (Fsp3) is 0.333. The maximum Gasteiger partial charge on any atom is 0.271 e. The third kappa shape index (κ3) is 3.17. The number of ether oxygens (including phenoxy) is 1. The van der Waals surface area contributed by atoms with Gasteiger partial charge < -0.3 is 14.5 Å². The van der Waals surface area contributed by atoms with Crippen molar-refractivity contribution in [1.29, 1.82) is 0 Å². The number of imidazole rings is 1. The molecule has 1 saturated carbocycles. The normalized spacial score (nSPS) is 13.8. The number of aromatic nitrogens is 2. The quantitative estimate of drug-likeness (QED) is 0.763. The van der Waals surface area contributed by atoms with E-state index >= 15 is 0 Å². The van der Waals surface area contributed by atoms with Gasteiger partial charge in [-0.2, -0.15) is 0 Å². The molecule has 0 bridgehead atoms.